The van der Waals surface area contributed by atoms with Crippen molar-refractivity contribution in [1.29, 1.82) is 0 Å². The highest BCUT2D eigenvalue weighted by molar-refractivity contribution is 14.0. The number of nitrogens with one attached hydrogen (secondary N) is 3. The van der Waals surface area contributed by atoms with Gasteiger partial charge < -0.3 is 25.8 Å². The van der Waals surface area contributed by atoms with Crippen molar-refractivity contribution >= 4 is 51.8 Å². The molecule has 1 aliphatic rings. The lowest BCUT2D eigenvalue weighted by atomic mass is 9.84. The van der Waals surface area contributed by atoms with Crippen molar-refractivity contribution in [3.8, 4) is 0 Å². The van der Waals surface area contributed by atoms with Gasteiger partial charge in [-0.05, 0) is 43.5 Å². The molecule has 1 aromatic rings. The minimum atomic E-state index is -0.0721. The number of aliphatic hydroxyl groups is 1. The fourth-order valence-electron chi connectivity index (χ4n) is 3.00. The molecule has 1 aromatic carbocycles. The summed E-state index contributed by atoms with van der Waals surface area (Å²) in [5.41, 5.74) is 0.627. The van der Waals surface area contributed by atoms with Gasteiger partial charge in [0.15, 0.2) is 5.96 Å². The molecule has 1 atom stereocenters. The molecule has 9 heteroatoms. The van der Waals surface area contributed by atoms with E-state index in [4.69, 9.17) is 4.74 Å². The van der Waals surface area contributed by atoms with Crippen molar-refractivity contribution in [3.05, 3.63) is 34.3 Å². The van der Waals surface area contributed by atoms with E-state index in [1.54, 1.807) is 19.2 Å². The van der Waals surface area contributed by atoms with Crippen LogP contribution in [0.15, 0.2) is 33.7 Å². The Hall–Kier alpha value is -0.910. The number of carbonyl (C=O) groups is 1. The number of rotatable bonds is 9. The maximum absolute atomic E-state index is 12.0. The second-order valence-electron chi connectivity index (χ2n) is 6.75. The summed E-state index contributed by atoms with van der Waals surface area (Å²) in [7, 11) is 1.73. The Morgan fingerprint density at radius 1 is 1.25 bits per heavy atom. The van der Waals surface area contributed by atoms with Crippen LogP contribution in [0.25, 0.3) is 0 Å². The van der Waals surface area contributed by atoms with Gasteiger partial charge in [0, 0.05) is 55.3 Å². The van der Waals surface area contributed by atoms with Gasteiger partial charge in [0.05, 0.1) is 6.61 Å². The first kappa shape index (κ1) is 25.1. The number of aliphatic hydroxyl groups excluding tert-OH is 1. The summed E-state index contributed by atoms with van der Waals surface area (Å²) in [6.07, 6.45) is 2.45. The molecule has 1 amide bonds. The number of hydrogen-bond donors (Lipinski definition) is 4. The van der Waals surface area contributed by atoms with E-state index in [2.05, 4.69) is 36.9 Å². The molecule has 0 radical (unpaired) electrons. The standard InChI is InChI=1S/C19H29BrN4O3.HI/c1-21-18(24-13-19(7-11-25)8-12-27-14-19)23-10-2-9-22-17(26)15-3-5-16(20)6-4-15;/h3-6,25H,2,7-14H2,1H3,(H,22,26)(H2,21,23,24);1H. The summed E-state index contributed by atoms with van der Waals surface area (Å²) >= 11 is 3.36. The quantitative estimate of drug-likeness (QED) is 0.158. The number of halogens is 2. The molecule has 1 heterocycles. The summed E-state index contributed by atoms with van der Waals surface area (Å²) in [4.78, 5) is 16.3. The molecule has 0 bridgehead atoms. The van der Waals surface area contributed by atoms with Gasteiger partial charge in [-0.15, -0.1) is 24.0 Å². The molecule has 0 saturated carbocycles. The van der Waals surface area contributed by atoms with Crippen LogP contribution >= 0.6 is 39.9 Å². The van der Waals surface area contributed by atoms with E-state index in [1.807, 2.05) is 12.1 Å². The molecule has 28 heavy (non-hydrogen) atoms. The van der Waals surface area contributed by atoms with Crippen LogP contribution in [0.1, 0.15) is 29.6 Å². The Kier molecular flexibility index (Phi) is 12.0. The highest BCUT2D eigenvalue weighted by Gasteiger charge is 2.34. The molecule has 2 rings (SSSR count). The maximum Gasteiger partial charge on any atom is 0.251 e. The first-order valence-electron chi connectivity index (χ1n) is 9.25. The summed E-state index contributed by atoms with van der Waals surface area (Å²) in [6, 6.07) is 7.28. The van der Waals surface area contributed by atoms with Crippen molar-refractivity contribution in [1.82, 2.24) is 16.0 Å². The third-order valence-electron chi connectivity index (χ3n) is 4.72. The number of ether oxygens (including phenoxy) is 1. The molecule has 1 saturated heterocycles. The van der Waals surface area contributed by atoms with Gasteiger partial charge in [0.1, 0.15) is 0 Å². The first-order chi connectivity index (χ1) is 13.1. The van der Waals surface area contributed by atoms with Gasteiger partial charge in [0.2, 0.25) is 0 Å². The van der Waals surface area contributed by atoms with Gasteiger partial charge >= 0.3 is 0 Å². The Balaban J connectivity index is 0.00000392. The molecular weight excluding hydrogens is 539 g/mol. The Labute approximate surface area is 192 Å². The molecule has 0 aromatic heterocycles. The predicted octanol–water partition coefficient (Wildman–Crippen LogP) is 2.14. The van der Waals surface area contributed by atoms with Gasteiger partial charge in [-0.1, -0.05) is 15.9 Å². The van der Waals surface area contributed by atoms with Crippen LogP contribution in [-0.2, 0) is 4.74 Å². The zero-order valence-corrected chi connectivity index (χ0v) is 20.1. The van der Waals surface area contributed by atoms with Gasteiger partial charge in [-0.25, -0.2) is 0 Å². The fraction of sp³-hybridized carbons (Fsp3) is 0.579. The molecular formula is C19H30BrIN4O3. The number of guanidine groups is 1. The lowest BCUT2D eigenvalue weighted by Crippen LogP contribution is -2.45. The minimum Gasteiger partial charge on any atom is -0.396 e. The molecule has 4 N–H and O–H groups in total. The Morgan fingerprint density at radius 2 is 1.96 bits per heavy atom. The van der Waals surface area contributed by atoms with Crippen LogP contribution in [0.2, 0.25) is 0 Å². The topological polar surface area (TPSA) is 95.0 Å². The van der Waals surface area contributed by atoms with Crippen LogP contribution in [-0.4, -0.2) is 63.5 Å². The van der Waals surface area contributed by atoms with Gasteiger partial charge in [0.25, 0.3) is 5.91 Å². The SMILES string of the molecule is CN=C(NCCCNC(=O)c1ccc(Br)cc1)NCC1(CCO)CCOC1.I. The molecule has 1 aliphatic heterocycles. The number of carbonyl (C=O) groups excluding carboxylic acids is 1. The van der Waals surface area contributed by atoms with Crippen LogP contribution in [0.3, 0.4) is 0 Å². The van der Waals surface area contributed by atoms with Crippen molar-refractivity contribution < 1.29 is 14.6 Å². The van der Waals surface area contributed by atoms with Gasteiger partial charge in [-0.2, -0.15) is 0 Å². The van der Waals surface area contributed by atoms with Crippen LogP contribution in [0.5, 0.6) is 0 Å². The molecule has 1 fully saturated rings. The zero-order valence-electron chi connectivity index (χ0n) is 16.2. The monoisotopic (exact) mass is 568 g/mol. The smallest absolute Gasteiger partial charge is 0.251 e. The second kappa shape index (κ2) is 13.3. The van der Waals surface area contributed by atoms with Gasteiger partial charge in [-0.3, -0.25) is 9.79 Å². The first-order valence-corrected chi connectivity index (χ1v) is 10.0. The van der Waals surface area contributed by atoms with E-state index in [9.17, 15) is 9.90 Å². The summed E-state index contributed by atoms with van der Waals surface area (Å²) < 4.78 is 6.45. The molecule has 0 aliphatic carbocycles. The van der Waals surface area contributed by atoms with Crippen LogP contribution in [0, 0.1) is 5.41 Å². The van der Waals surface area contributed by atoms with E-state index in [0.29, 0.717) is 31.8 Å². The highest BCUT2D eigenvalue weighted by atomic mass is 127. The lowest BCUT2D eigenvalue weighted by molar-refractivity contribution is 0.0953. The van der Waals surface area contributed by atoms with E-state index < -0.39 is 0 Å². The van der Waals surface area contributed by atoms with Crippen molar-refractivity contribution in [2.75, 3.05) is 46.5 Å². The predicted molar refractivity (Wildman–Crippen MR) is 125 cm³/mol. The fourth-order valence-corrected chi connectivity index (χ4v) is 3.27. The van der Waals surface area contributed by atoms with Crippen LogP contribution in [0.4, 0.5) is 0 Å². The number of amides is 1. The van der Waals surface area contributed by atoms with Crippen molar-refractivity contribution in [2.24, 2.45) is 10.4 Å². The average molecular weight is 569 g/mol. The summed E-state index contributed by atoms with van der Waals surface area (Å²) in [5.74, 6) is 0.649. The number of aliphatic imine (C=N–C) groups is 1. The van der Waals surface area contributed by atoms with E-state index in [1.165, 1.54) is 0 Å². The van der Waals surface area contributed by atoms with Crippen molar-refractivity contribution in [3.63, 3.8) is 0 Å². The Morgan fingerprint density at radius 3 is 2.57 bits per heavy atom. The highest BCUT2D eigenvalue weighted by Crippen LogP contribution is 2.31. The zero-order chi connectivity index (χ0) is 19.5. The third kappa shape index (κ3) is 8.22. The maximum atomic E-state index is 12.0. The lowest BCUT2D eigenvalue weighted by Gasteiger charge is -2.27. The van der Waals surface area contributed by atoms with E-state index >= 15 is 0 Å². The molecule has 7 nitrogen and oxygen atoms in total. The van der Waals surface area contributed by atoms with Crippen LogP contribution < -0.4 is 16.0 Å². The van der Waals surface area contributed by atoms with Crippen molar-refractivity contribution in [2.45, 2.75) is 19.3 Å². The molecule has 158 valence electrons. The van der Waals surface area contributed by atoms with E-state index in [0.717, 1.165) is 36.3 Å². The third-order valence-corrected chi connectivity index (χ3v) is 5.25. The normalized spacial score (nSPS) is 19.0. The number of hydrogen-bond acceptors (Lipinski definition) is 4. The molecule has 0 spiro atoms. The minimum absolute atomic E-state index is 0. The second-order valence-corrected chi connectivity index (χ2v) is 7.66. The average Bonchev–Trinajstić information content (AvgIpc) is 3.13. The molecule has 1 unspecified atom stereocenters. The Bertz CT molecular complexity index is 622. The van der Waals surface area contributed by atoms with E-state index in [-0.39, 0.29) is 41.9 Å². The number of nitrogens with zero attached hydrogens (tertiary/aromatic N) is 1. The number of benzene rings is 1. The summed E-state index contributed by atoms with van der Waals surface area (Å²) in [6.45, 7) is 3.57. The largest absolute Gasteiger partial charge is 0.396 e. The summed E-state index contributed by atoms with van der Waals surface area (Å²) in [5, 5.41) is 18.8.